The third-order valence-corrected chi connectivity index (χ3v) is 3.54. The van der Waals surface area contributed by atoms with Crippen LogP contribution in [0.2, 0.25) is 0 Å². The van der Waals surface area contributed by atoms with Crippen LogP contribution in [0.1, 0.15) is 25.8 Å². The number of urea groups is 1. The average molecular weight is 275 g/mol. The molecule has 1 fully saturated rings. The molecular formula is C14H17N3O3. The monoisotopic (exact) mass is 275 g/mol. The van der Waals surface area contributed by atoms with Crippen LogP contribution in [-0.2, 0) is 4.79 Å². The highest BCUT2D eigenvalue weighted by Gasteiger charge is 2.41. The summed E-state index contributed by atoms with van der Waals surface area (Å²) in [6, 6.07) is 5.77. The predicted molar refractivity (Wildman–Crippen MR) is 75.1 cm³/mol. The molecule has 106 valence electrons. The molecule has 20 heavy (non-hydrogen) atoms. The molecule has 6 heteroatoms. The Morgan fingerprint density at radius 2 is 2.05 bits per heavy atom. The number of carbonyl (C=O) groups excluding carboxylic acids is 2. The molecule has 2 unspecified atom stereocenters. The van der Waals surface area contributed by atoms with E-state index in [4.69, 9.17) is 5.21 Å². The summed E-state index contributed by atoms with van der Waals surface area (Å²) >= 11 is 0. The summed E-state index contributed by atoms with van der Waals surface area (Å²) in [5.74, 6) is -0.134. The van der Waals surface area contributed by atoms with Crippen molar-refractivity contribution >= 4 is 23.8 Å². The summed E-state index contributed by atoms with van der Waals surface area (Å²) in [5, 5.41) is 14.1. The molecule has 3 amide bonds. The second-order valence-electron chi connectivity index (χ2n) is 4.82. The second kappa shape index (κ2) is 5.73. The first kappa shape index (κ1) is 14.0. The predicted octanol–water partition coefficient (Wildman–Crippen LogP) is 1.97. The number of carbonyl (C=O) groups is 2. The highest BCUT2D eigenvalue weighted by atomic mass is 16.4. The summed E-state index contributed by atoms with van der Waals surface area (Å²) in [7, 11) is 0. The van der Waals surface area contributed by atoms with E-state index in [9.17, 15) is 9.59 Å². The number of hydrogen-bond donors (Lipinski definition) is 2. The minimum Gasteiger partial charge on any atom is -0.411 e. The fraction of sp³-hybridized carbons (Fsp3) is 0.357. The van der Waals surface area contributed by atoms with E-state index < -0.39 is 12.1 Å². The molecule has 1 heterocycles. The second-order valence-corrected chi connectivity index (χ2v) is 4.82. The Kier molecular flexibility index (Phi) is 4.02. The molecule has 1 aromatic carbocycles. The van der Waals surface area contributed by atoms with E-state index in [2.05, 4.69) is 10.5 Å². The number of benzene rings is 1. The molecule has 2 N–H and O–H groups in total. The van der Waals surface area contributed by atoms with Gasteiger partial charge in [0.2, 0.25) is 0 Å². The molecule has 0 aliphatic carbocycles. The number of oxime groups is 1. The van der Waals surface area contributed by atoms with Gasteiger partial charge in [0.15, 0.2) is 0 Å². The van der Waals surface area contributed by atoms with Gasteiger partial charge < -0.3 is 10.5 Å². The average Bonchev–Trinajstić information content (AvgIpc) is 2.75. The summed E-state index contributed by atoms with van der Waals surface area (Å²) < 4.78 is 0. The van der Waals surface area contributed by atoms with Gasteiger partial charge in [-0.2, -0.15) is 0 Å². The lowest BCUT2D eigenvalue weighted by Crippen LogP contribution is -2.35. The van der Waals surface area contributed by atoms with E-state index in [1.54, 1.807) is 24.3 Å². The quantitative estimate of drug-likeness (QED) is 0.381. The first-order chi connectivity index (χ1) is 9.58. The molecule has 2 atom stereocenters. The maximum atomic E-state index is 12.3. The van der Waals surface area contributed by atoms with Gasteiger partial charge in [-0.3, -0.25) is 4.79 Å². The van der Waals surface area contributed by atoms with E-state index in [1.807, 2.05) is 13.8 Å². The first-order valence-electron chi connectivity index (χ1n) is 6.50. The van der Waals surface area contributed by atoms with E-state index in [1.165, 1.54) is 6.21 Å². The molecule has 0 saturated carbocycles. The number of imide groups is 1. The standard InChI is InChI=1S/C14H17N3O3/c1-3-9(2)12-13(18)17(14(19)16-12)11-6-4-10(5-7-11)8-15-20/h4-9,12,20H,3H2,1-2H3,(H,16,19). The zero-order valence-electron chi connectivity index (χ0n) is 11.4. The maximum Gasteiger partial charge on any atom is 0.329 e. The summed E-state index contributed by atoms with van der Waals surface area (Å²) in [4.78, 5) is 25.4. The van der Waals surface area contributed by atoms with Gasteiger partial charge in [0.1, 0.15) is 6.04 Å². The van der Waals surface area contributed by atoms with Gasteiger partial charge >= 0.3 is 6.03 Å². The maximum absolute atomic E-state index is 12.3. The Morgan fingerprint density at radius 1 is 1.40 bits per heavy atom. The number of nitrogens with one attached hydrogen (secondary N) is 1. The van der Waals surface area contributed by atoms with Crippen LogP contribution in [0.3, 0.4) is 0 Å². The number of nitrogens with zero attached hydrogens (tertiary/aromatic N) is 2. The Labute approximate surface area is 117 Å². The van der Waals surface area contributed by atoms with Crippen LogP contribution in [0.4, 0.5) is 10.5 Å². The highest BCUT2D eigenvalue weighted by Crippen LogP contribution is 2.23. The lowest BCUT2D eigenvalue weighted by atomic mass is 9.99. The summed E-state index contributed by atoms with van der Waals surface area (Å²) in [6.45, 7) is 3.92. The molecular weight excluding hydrogens is 258 g/mol. The van der Waals surface area contributed by atoms with E-state index >= 15 is 0 Å². The van der Waals surface area contributed by atoms with Crippen LogP contribution >= 0.6 is 0 Å². The van der Waals surface area contributed by atoms with Crippen molar-refractivity contribution in [2.24, 2.45) is 11.1 Å². The Balaban J connectivity index is 2.24. The lowest BCUT2D eigenvalue weighted by Gasteiger charge is -2.16. The van der Waals surface area contributed by atoms with Crippen molar-refractivity contribution in [3.8, 4) is 0 Å². The summed E-state index contributed by atoms with van der Waals surface area (Å²) in [5.41, 5.74) is 1.19. The van der Waals surface area contributed by atoms with Crippen LogP contribution < -0.4 is 10.2 Å². The van der Waals surface area contributed by atoms with Gasteiger partial charge in [-0.1, -0.05) is 37.6 Å². The smallest absolute Gasteiger partial charge is 0.329 e. The number of anilines is 1. The van der Waals surface area contributed by atoms with Gasteiger partial charge in [-0.05, 0) is 23.6 Å². The van der Waals surface area contributed by atoms with Gasteiger partial charge in [-0.15, -0.1) is 0 Å². The SMILES string of the molecule is CCC(C)C1NC(=O)N(c2ccc(C=NO)cc2)C1=O. The molecule has 0 bridgehead atoms. The minimum atomic E-state index is -0.466. The van der Waals surface area contributed by atoms with Gasteiger partial charge in [0.25, 0.3) is 5.91 Å². The zero-order valence-corrected chi connectivity index (χ0v) is 11.4. The van der Waals surface area contributed by atoms with E-state index in [0.717, 1.165) is 11.3 Å². The number of hydrogen-bond acceptors (Lipinski definition) is 4. The molecule has 0 spiro atoms. The van der Waals surface area contributed by atoms with Crippen LogP contribution in [0.15, 0.2) is 29.4 Å². The minimum absolute atomic E-state index is 0.0947. The van der Waals surface area contributed by atoms with Crippen molar-refractivity contribution in [3.63, 3.8) is 0 Å². The zero-order chi connectivity index (χ0) is 14.7. The number of rotatable bonds is 4. The molecule has 1 aliphatic rings. The van der Waals surface area contributed by atoms with Gasteiger partial charge in [0, 0.05) is 0 Å². The van der Waals surface area contributed by atoms with Crippen molar-refractivity contribution in [1.29, 1.82) is 0 Å². The van der Waals surface area contributed by atoms with Crippen LogP contribution in [0.5, 0.6) is 0 Å². The molecule has 1 saturated heterocycles. The van der Waals surface area contributed by atoms with Crippen LogP contribution in [-0.4, -0.2) is 29.4 Å². The Bertz CT molecular complexity index is 539. The topological polar surface area (TPSA) is 82.0 Å². The van der Waals surface area contributed by atoms with Crippen molar-refractivity contribution in [2.45, 2.75) is 26.3 Å². The van der Waals surface area contributed by atoms with Crippen molar-refractivity contribution in [3.05, 3.63) is 29.8 Å². The van der Waals surface area contributed by atoms with E-state index in [0.29, 0.717) is 11.3 Å². The lowest BCUT2D eigenvalue weighted by molar-refractivity contribution is -0.119. The molecule has 6 nitrogen and oxygen atoms in total. The van der Waals surface area contributed by atoms with Gasteiger partial charge in [-0.25, -0.2) is 9.69 Å². The Hall–Kier alpha value is -2.37. The molecule has 0 aromatic heterocycles. The number of amides is 3. The van der Waals surface area contributed by atoms with Crippen LogP contribution in [0, 0.1) is 5.92 Å². The molecule has 2 rings (SSSR count). The summed E-state index contributed by atoms with van der Waals surface area (Å²) in [6.07, 6.45) is 2.09. The molecule has 0 radical (unpaired) electrons. The third kappa shape index (κ3) is 2.49. The van der Waals surface area contributed by atoms with Gasteiger partial charge in [0.05, 0.1) is 11.9 Å². The fourth-order valence-corrected chi connectivity index (χ4v) is 2.14. The highest BCUT2D eigenvalue weighted by molar-refractivity contribution is 6.21. The van der Waals surface area contributed by atoms with Crippen molar-refractivity contribution in [2.75, 3.05) is 4.90 Å². The largest absolute Gasteiger partial charge is 0.411 e. The van der Waals surface area contributed by atoms with Crippen molar-refractivity contribution in [1.82, 2.24) is 5.32 Å². The first-order valence-corrected chi connectivity index (χ1v) is 6.50. The molecule has 1 aromatic rings. The van der Waals surface area contributed by atoms with Crippen molar-refractivity contribution < 1.29 is 14.8 Å². The fourth-order valence-electron chi connectivity index (χ4n) is 2.14. The van der Waals surface area contributed by atoms with E-state index in [-0.39, 0.29) is 11.8 Å². The Morgan fingerprint density at radius 3 is 2.60 bits per heavy atom. The van der Waals surface area contributed by atoms with Crippen LogP contribution in [0.25, 0.3) is 0 Å². The third-order valence-electron chi connectivity index (χ3n) is 3.54. The molecule has 1 aliphatic heterocycles. The normalized spacial score (nSPS) is 20.5.